The van der Waals surface area contributed by atoms with Gasteiger partial charge >= 0.3 is 0 Å². The van der Waals surface area contributed by atoms with Gasteiger partial charge in [-0.15, -0.1) is 0 Å². The average molecular weight is 275 g/mol. The van der Waals surface area contributed by atoms with Gasteiger partial charge in [0.25, 0.3) is 5.91 Å². The minimum Gasteiger partial charge on any atom is -0.486 e. The molecule has 8 nitrogen and oxygen atoms in total. The van der Waals surface area contributed by atoms with Crippen LogP contribution in [0.2, 0.25) is 0 Å². The number of nitrogens with zero attached hydrogens (tertiary/aromatic N) is 2. The van der Waals surface area contributed by atoms with Crippen molar-refractivity contribution < 1.29 is 14.7 Å². The lowest BCUT2D eigenvalue weighted by Gasteiger charge is -2.07. The Morgan fingerprint density at radius 2 is 2.20 bits per heavy atom. The summed E-state index contributed by atoms with van der Waals surface area (Å²) >= 11 is 0. The molecule has 20 heavy (non-hydrogen) atoms. The van der Waals surface area contributed by atoms with Crippen LogP contribution in [0, 0.1) is 0 Å². The smallest absolute Gasteiger partial charge is 0.258 e. The zero-order chi connectivity index (χ0) is 14.4. The number of rotatable bonds is 5. The molecule has 0 spiro atoms. The number of amides is 1. The molecule has 0 aliphatic rings. The summed E-state index contributed by atoms with van der Waals surface area (Å²) in [5, 5.41) is 20.1. The van der Waals surface area contributed by atoms with Gasteiger partial charge in [-0.25, -0.2) is 0 Å². The van der Waals surface area contributed by atoms with Gasteiger partial charge in [-0.2, -0.15) is 5.10 Å². The van der Waals surface area contributed by atoms with Gasteiger partial charge in [0.2, 0.25) is 0 Å². The fourth-order valence-electron chi connectivity index (χ4n) is 1.40. The Bertz CT molecular complexity index is 592. The number of H-pyrrole nitrogens is 1. The second-order valence-corrected chi connectivity index (χ2v) is 3.85. The lowest BCUT2D eigenvalue weighted by molar-refractivity contribution is 0.102. The summed E-state index contributed by atoms with van der Waals surface area (Å²) in [7, 11) is 0. The Hall–Kier alpha value is -3.03. The molecule has 0 fully saturated rings. The third-order valence-electron chi connectivity index (χ3n) is 2.39. The van der Waals surface area contributed by atoms with Crippen molar-refractivity contribution >= 4 is 17.4 Å². The van der Waals surface area contributed by atoms with Crippen LogP contribution in [0.25, 0.3) is 0 Å². The number of nitrogens with two attached hydrogens (primary N) is 1. The molecule has 2 rings (SSSR count). The van der Waals surface area contributed by atoms with Crippen molar-refractivity contribution in [2.45, 2.75) is 0 Å². The largest absolute Gasteiger partial charge is 0.486 e. The predicted molar refractivity (Wildman–Crippen MR) is 71.9 cm³/mol. The minimum absolute atomic E-state index is 0.0166. The van der Waals surface area contributed by atoms with E-state index in [1.807, 2.05) is 0 Å². The van der Waals surface area contributed by atoms with Crippen LogP contribution < -0.4 is 15.8 Å². The summed E-state index contributed by atoms with van der Waals surface area (Å²) in [6.07, 6.45) is 2.94. The molecule has 0 radical (unpaired) electrons. The topological polar surface area (TPSA) is 126 Å². The van der Waals surface area contributed by atoms with Crippen LogP contribution in [0.15, 0.2) is 41.8 Å². The maximum absolute atomic E-state index is 11.8. The van der Waals surface area contributed by atoms with E-state index in [0.717, 1.165) is 0 Å². The van der Waals surface area contributed by atoms with Gasteiger partial charge < -0.3 is 21.0 Å². The molecular weight excluding hydrogens is 262 g/mol. The van der Waals surface area contributed by atoms with E-state index in [0.29, 0.717) is 17.0 Å². The molecule has 0 saturated heterocycles. The highest BCUT2D eigenvalue weighted by molar-refractivity contribution is 6.03. The zero-order valence-corrected chi connectivity index (χ0v) is 10.4. The first-order valence-corrected chi connectivity index (χ1v) is 5.68. The number of benzene rings is 1. The predicted octanol–water partition coefficient (Wildman–Crippen LogP) is 0.787. The number of anilines is 1. The molecule has 0 aliphatic heterocycles. The number of amidine groups is 1. The van der Waals surface area contributed by atoms with Crippen molar-refractivity contribution in [1.82, 2.24) is 10.2 Å². The summed E-state index contributed by atoms with van der Waals surface area (Å²) < 4.78 is 5.25. The maximum Gasteiger partial charge on any atom is 0.258 e. The monoisotopic (exact) mass is 275 g/mol. The first-order valence-electron chi connectivity index (χ1n) is 5.68. The second kappa shape index (κ2) is 6.23. The molecule has 1 aromatic heterocycles. The Labute approximate surface area is 114 Å². The molecule has 2 aromatic rings. The first-order chi connectivity index (χ1) is 9.69. The summed E-state index contributed by atoms with van der Waals surface area (Å²) in [5.41, 5.74) is 6.34. The third-order valence-corrected chi connectivity index (χ3v) is 2.39. The standard InChI is InChI=1S/C12H13N5O3/c13-11(17-19)7-20-10-3-1-9(2-4-10)16-12(18)8-5-14-15-6-8/h1-6,19H,7H2,(H2,13,17)(H,14,15)(H,16,18). The fraction of sp³-hybridized carbons (Fsp3) is 0.0833. The highest BCUT2D eigenvalue weighted by atomic mass is 16.5. The molecule has 0 unspecified atom stereocenters. The van der Waals surface area contributed by atoms with Crippen LogP contribution in [0.5, 0.6) is 5.75 Å². The minimum atomic E-state index is -0.260. The van der Waals surface area contributed by atoms with Crippen LogP contribution in [0.1, 0.15) is 10.4 Å². The van der Waals surface area contributed by atoms with Gasteiger partial charge in [-0.05, 0) is 24.3 Å². The normalized spacial score (nSPS) is 11.1. The molecule has 1 aromatic carbocycles. The fourth-order valence-corrected chi connectivity index (χ4v) is 1.40. The summed E-state index contributed by atoms with van der Waals surface area (Å²) in [6.45, 7) is -0.0166. The van der Waals surface area contributed by atoms with Crippen molar-refractivity contribution in [1.29, 1.82) is 0 Å². The lowest BCUT2D eigenvalue weighted by atomic mass is 10.2. The maximum atomic E-state index is 11.8. The Morgan fingerprint density at radius 3 is 2.80 bits per heavy atom. The van der Waals surface area contributed by atoms with Crippen molar-refractivity contribution in [2.24, 2.45) is 10.9 Å². The van der Waals surface area contributed by atoms with E-state index >= 15 is 0 Å². The Kier molecular flexibility index (Phi) is 4.17. The number of hydrogen-bond donors (Lipinski definition) is 4. The molecule has 0 aliphatic carbocycles. The van der Waals surface area contributed by atoms with Crippen molar-refractivity contribution in [3.63, 3.8) is 0 Å². The number of carbonyl (C=O) groups is 1. The number of hydrogen-bond acceptors (Lipinski definition) is 5. The van der Waals surface area contributed by atoms with E-state index in [2.05, 4.69) is 20.7 Å². The van der Waals surface area contributed by atoms with Gasteiger partial charge in [0.1, 0.15) is 12.4 Å². The highest BCUT2D eigenvalue weighted by Crippen LogP contribution is 2.16. The van der Waals surface area contributed by atoms with Gasteiger partial charge in [-0.3, -0.25) is 9.89 Å². The Morgan fingerprint density at radius 1 is 1.45 bits per heavy atom. The number of carbonyl (C=O) groups excluding carboxylic acids is 1. The molecule has 0 bridgehead atoms. The number of ether oxygens (including phenoxy) is 1. The molecule has 104 valence electrons. The number of nitrogens with one attached hydrogen (secondary N) is 2. The second-order valence-electron chi connectivity index (χ2n) is 3.85. The van der Waals surface area contributed by atoms with Gasteiger partial charge in [-0.1, -0.05) is 5.16 Å². The molecule has 1 amide bonds. The molecule has 8 heteroatoms. The average Bonchev–Trinajstić information content (AvgIpc) is 3.00. The highest BCUT2D eigenvalue weighted by Gasteiger charge is 2.06. The van der Waals surface area contributed by atoms with Crippen LogP contribution >= 0.6 is 0 Å². The van der Waals surface area contributed by atoms with E-state index in [1.165, 1.54) is 12.4 Å². The van der Waals surface area contributed by atoms with Crippen LogP contribution in [-0.4, -0.2) is 33.8 Å². The number of oxime groups is 1. The van der Waals surface area contributed by atoms with Crippen molar-refractivity contribution in [3.05, 3.63) is 42.2 Å². The molecule has 0 saturated carbocycles. The van der Waals surface area contributed by atoms with E-state index in [4.69, 9.17) is 15.7 Å². The van der Waals surface area contributed by atoms with Crippen LogP contribution in [0.4, 0.5) is 5.69 Å². The molecular formula is C12H13N5O3. The van der Waals surface area contributed by atoms with E-state index < -0.39 is 0 Å². The summed E-state index contributed by atoms with van der Waals surface area (Å²) in [4.78, 5) is 11.8. The van der Waals surface area contributed by atoms with E-state index in [9.17, 15) is 4.79 Å². The SMILES string of the molecule is NC(COc1ccc(NC(=O)c2cn[nH]c2)cc1)=NO. The lowest BCUT2D eigenvalue weighted by Crippen LogP contribution is -2.20. The van der Waals surface area contributed by atoms with Gasteiger partial charge in [0, 0.05) is 11.9 Å². The van der Waals surface area contributed by atoms with Gasteiger partial charge in [0.05, 0.1) is 11.8 Å². The molecule has 5 N–H and O–H groups in total. The van der Waals surface area contributed by atoms with Crippen LogP contribution in [0.3, 0.4) is 0 Å². The van der Waals surface area contributed by atoms with E-state index in [1.54, 1.807) is 24.3 Å². The quantitative estimate of drug-likeness (QED) is 0.278. The van der Waals surface area contributed by atoms with Crippen LogP contribution in [-0.2, 0) is 0 Å². The first kappa shape index (κ1) is 13.4. The van der Waals surface area contributed by atoms with E-state index in [-0.39, 0.29) is 18.3 Å². The zero-order valence-electron chi connectivity index (χ0n) is 10.4. The van der Waals surface area contributed by atoms with Crippen molar-refractivity contribution in [3.8, 4) is 5.75 Å². The number of aromatic nitrogens is 2. The Balaban J connectivity index is 1.93. The van der Waals surface area contributed by atoms with Gasteiger partial charge in [0.15, 0.2) is 5.84 Å². The summed E-state index contributed by atoms with van der Waals surface area (Å²) in [6, 6.07) is 6.68. The van der Waals surface area contributed by atoms with Crippen molar-refractivity contribution in [2.75, 3.05) is 11.9 Å². The number of aromatic amines is 1. The third kappa shape index (κ3) is 3.48. The summed E-state index contributed by atoms with van der Waals surface area (Å²) in [5.74, 6) is 0.254. The molecule has 0 atom stereocenters. The molecule has 1 heterocycles.